The van der Waals surface area contributed by atoms with Crippen molar-refractivity contribution in [1.82, 2.24) is 10.2 Å². The van der Waals surface area contributed by atoms with Crippen LogP contribution in [0.5, 0.6) is 0 Å². The Balaban J connectivity index is 2.29. The first kappa shape index (κ1) is 10.8. The fourth-order valence-corrected chi connectivity index (χ4v) is 0.957. The summed E-state index contributed by atoms with van der Waals surface area (Å²) in [4.78, 5) is 14.1. The van der Waals surface area contributed by atoms with Crippen LogP contribution >= 0.6 is 0 Å². The van der Waals surface area contributed by atoms with E-state index in [1.165, 1.54) is 0 Å². The first-order chi connectivity index (χ1) is 6.47. The maximum atomic E-state index is 11.2. The summed E-state index contributed by atoms with van der Waals surface area (Å²) in [6, 6.07) is 0. The molecule has 76 valence electrons. The van der Waals surface area contributed by atoms with E-state index in [4.69, 9.17) is 4.74 Å². The van der Waals surface area contributed by atoms with Crippen LogP contribution < -0.4 is 5.32 Å². The summed E-state index contributed by atoms with van der Waals surface area (Å²) in [6.07, 6.45) is 1.44. The molecule has 4 nitrogen and oxygen atoms in total. The van der Waals surface area contributed by atoms with Gasteiger partial charge in [-0.05, 0) is 0 Å². The number of ether oxygens (including phenoxy) is 1. The molecule has 0 aliphatic rings. The molecule has 0 saturated carbocycles. The van der Waals surface area contributed by atoms with Crippen molar-refractivity contribution in [2.75, 3.05) is 0 Å². The number of carbonyl (C=O) groups is 1. The Kier molecular flexibility index (Phi) is 3.33. The molecule has 5 heteroatoms. The zero-order valence-corrected chi connectivity index (χ0v) is 8.76. The zero-order chi connectivity index (χ0) is 10.6. The molecule has 1 heterocycles. The first-order valence-corrected chi connectivity index (χ1v) is 4.56. The summed E-state index contributed by atoms with van der Waals surface area (Å²) in [7, 11) is 1.81. The van der Waals surface area contributed by atoms with Gasteiger partial charge in [-0.2, -0.15) is 0 Å². The molecule has 0 unspecified atom stereocenters. The fraction of sp³-hybridized carbons (Fsp3) is 0.556. The van der Waals surface area contributed by atoms with Crippen molar-refractivity contribution in [2.24, 2.45) is 0 Å². The normalized spacial score (nSPS) is 10.8. The van der Waals surface area contributed by atoms with Crippen molar-refractivity contribution in [2.45, 2.75) is 32.9 Å². The molecule has 0 spiro atoms. The van der Waals surface area contributed by atoms with Gasteiger partial charge in [0.15, 0.2) is 0 Å². The number of aromatic nitrogens is 1. The van der Waals surface area contributed by atoms with Crippen molar-refractivity contribution in [3.8, 4) is 0 Å². The van der Waals surface area contributed by atoms with Crippen LogP contribution in [0, 0.1) is 0 Å². The van der Waals surface area contributed by atoms with Crippen LogP contribution in [0.25, 0.3) is 0 Å². The second-order valence-corrected chi connectivity index (χ2v) is 4.07. The Morgan fingerprint density at radius 1 is 1.64 bits per heavy atom. The number of hydrogen-bond acceptors (Lipinski definition) is 2. The van der Waals surface area contributed by atoms with E-state index in [0.717, 1.165) is 5.56 Å². The van der Waals surface area contributed by atoms with E-state index in [1.807, 2.05) is 40.0 Å². The number of hydrogen-bond donors (Lipinski definition) is 2. The molecule has 0 saturated heterocycles. The average molecular weight is 194 g/mol. The molecule has 0 aliphatic carbocycles. The van der Waals surface area contributed by atoms with Gasteiger partial charge >= 0.3 is 83.5 Å². The predicted octanol–water partition coefficient (Wildman–Crippen LogP) is 1.38. The molecule has 1 aromatic rings. The Morgan fingerprint density at radius 3 is 2.86 bits per heavy atom. The van der Waals surface area contributed by atoms with Gasteiger partial charge in [-0.3, -0.25) is 0 Å². The Morgan fingerprint density at radius 2 is 2.36 bits per heavy atom. The van der Waals surface area contributed by atoms with E-state index < -0.39 is 11.7 Å². The third-order valence-electron chi connectivity index (χ3n) is 1.50. The number of amides is 1. The van der Waals surface area contributed by atoms with Gasteiger partial charge in [0, 0.05) is 0 Å². The number of rotatable bonds is 2. The predicted molar refractivity (Wildman–Crippen MR) is 55.2 cm³/mol. The molecule has 0 bridgehead atoms. The molecule has 2 N–H and O–H groups in total. The summed E-state index contributed by atoms with van der Waals surface area (Å²) in [5, 5.41) is 2.66. The number of carbonyl (C=O) groups excluding carboxylic acids is 1. The number of aromatic amines is 1. The van der Waals surface area contributed by atoms with Crippen LogP contribution in [0.4, 0.5) is 4.79 Å². The van der Waals surface area contributed by atoms with E-state index >= 15 is 0 Å². The Bertz CT molecular complexity index is 290. The zero-order valence-electron chi connectivity index (χ0n) is 8.76. The standard InChI is InChI=1S/C9H15BN2O2/c1-9(2,3)14-8(13)11-5-7-4-10-12-6-7/h4,6,12H,5H2,1-3H3,(H,11,13). The van der Waals surface area contributed by atoms with Crippen LogP contribution in [0.2, 0.25) is 0 Å². The molecular formula is C9H15BN2O2. The van der Waals surface area contributed by atoms with Gasteiger partial charge in [0.25, 0.3) is 0 Å². The summed E-state index contributed by atoms with van der Waals surface area (Å²) in [5.74, 6) is 1.90. The quantitative estimate of drug-likeness (QED) is 0.746. The monoisotopic (exact) mass is 194 g/mol. The maximum absolute atomic E-state index is 11.2. The van der Waals surface area contributed by atoms with Gasteiger partial charge in [-0.15, -0.1) is 0 Å². The van der Waals surface area contributed by atoms with Gasteiger partial charge < -0.3 is 0 Å². The minimum atomic E-state index is -0.442. The second-order valence-electron chi connectivity index (χ2n) is 4.07. The number of nitrogens with one attached hydrogen (secondary N) is 2. The van der Waals surface area contributed by atoms with Gasteiger partial charge in [-0.25, -0.2) is 0 Å². The molecule has 0 fully saturated rings. The van der Waals surface area contributed by atoms with Crippen LogP contribution in [0.1, 0.15) is 26.3 Å². The molecule has 0 radical (unpaired) electrons. The van der Waals surface area contributed by atoms with E-state index in [2.05, 4.69) is 10.2 Å². The van der Waals surface area contributed by atoms with Crippen LogP contribution in [-0.4, -0.2) is 23.6 Å². The number of alkyl carbamates (subject to hydrolysis) is 1. The minimum absolute atomic E-state index is 0.390. The van der Waals surface area contributed by atoms with Crippen molar-refractivity contribution in [1.29, 1.82) is 0 Å². The first-order valence-electron chi connectivity index (χ1n) is 4.56. The van der Waals surface area contributed by atoms with Crippen molar-refractivity contribution in [3.63, 3.8) is 0 Å². The fourth-order valence-electron chi connectivity index (χ4n) is 0.957. The third-order valence-corrected chi connectivity index (χ3v) is 1.50. The van der Waals surface area contributed by atoms with Gasteiger partial charge in [-0.1, -0.05) is 0 Å². The van der Waals surface area contributed by atoms with E-state index in [-0.39, 0.29) is 0 Å². The van der Waals surface area contributed by atoms with E-state index in [1.54, 1.807) is 0 Å². The van der Waals surface area contributed by atoms with Crippen molar-refractivity contribution < 1.29 is 9.53 Å². The van der Waals surface area contributed by atoms with Gasteiger partial charge in [0.1, 0.15) is 0 Å². The third kappa shape index (κ3) is 4.12. The summed E-state index contributed by atoms with van der Waals surface area (Å²) in [6.45, 7) is 5.99. The van der Waals surface area contributed by atoms with E-state index in [9.17, 15) is 4.79 Å². The molecular weight excluding hydrogens is 179 g/mol. The number of H-pyrrole nitrogens is 1. The summed E-state index contributed by atoms with van der Waals surface area (Å²) < 4.78 is 5.08. The van der Waals surface area contributed by atoms with E-state index in [0.29, 0.717) is 6.54 Å². The second kappa shape index (κ2) is 4.31. The Hall–Kier alpha value is -1.26. The molecule has 0 atom stereocenters. The summed E-state index contributed by atoms with van der Waals surface area (Å²) in [5.41, 5.74) is 0.582. The van der Waals surface area contributed by atoms with Crippen molar-refractivity contribution >= 4 is 13.1 Å². The molecule has 1 aromatic heterocycles. The molecule has 1 amide bonds. The Labute approximate surface area is 84.3 Å². The SMILES string of the molecule is CC(C)(C)OC(=O)NCc1cb[nH]c1. The average Bonchev–Trinajstić information content (AvgIpc) is 2.49. The molecule has 0 aromatic carbocycles. The molecule has 1 rings (SSSR count). The van der Waals surface area contributed by atoms with Gasteiger partial charge in [0.2, 0.25) is 0 Å². The topological polar surface area (TPSA) is 54.1 Å². The van der Waals surface area contributed by atoms with Crippen LogP contribution in [0.15, 0.2) is 12.2 Å². The summed E-state index contributed by atoms with van der Waals surface area (Å²) >= 11 is 0. The van der Waals surface area contributed by atoms with Gasteiger partial charge in [0.05, 0.1) is 0 Å². The van der Waals surface area contributed by atoms with Crippen LogP contribution in [-0.2, 0) is 11.3 Å². The molecule has 0 aliphatic heterocycles. The van der Waals surface area contributed by atoms with Crippen molar-refractivity contribution in [3.05, 3.63) is 17.7 Å². The molecule has 14 heavy (non-hydrogen) atoms. The van der Waals surface area contributed by atoms with Crippen LogP contribution in [0.3, 0.4) is 0 Å².